The summed E-state index contributed by atoms with van der Waals surface area (Å²) in [6.45, 7) is 1.15. The smallest absolute Gasteiger partial charge is 0.384 e. The van der Waals surface area contributed by atoms with Crippen molar-refractivity contribution in [2.75, 3.05) is 6.54 Å². The molecule has 1 amide bonds. The van der Waals surface area contributed by atoms with Crippen LogP contribution in [0.15, 0.2) is 35.0 Å². The van der Waals surface area contributed by atoms with Crippen LogP contribution in [0.4, 0.5) is 17.6 Å². The third-order valence-electron chi connectivity index (χ3n) is 3.27. The first kappa shape index (κ1) is 17.4. The fourth-order valence-corrected chi connectivity index (χ4v) is 2.75. The van der Waals surface area contributed by atoms with Crippen LogP contribution in [-0.4, -0.2) is 17.6 Å². The first-order valence-electron chi connectivity index (χ1n) is 6.51. The van der Waals surface area contributed by atoms with E-state index in [0.717, 1.165) is 12.1 Å². The Labute approximate surface area is 133 Å². The maximum absolute atomic E-state index is 13.0. The largest absolute Gasteiger partial charge is 0.417 e. The summed E-state index contributed by atoms with van der Waals surface area (Å²) in [4.78, 5) is 12.0. The van der Waals surface area contributed by atoms with Crippen LogP contribution in [0.1, 0.15) is 28.4 Å². The van der Waals surface area contributed by atoms with Crippen molar-refractivity contribution < 1.29 is 27.5 Å². The van der Waals surface area contributed by atoms with Crippen LogP contribution >= 0.6 is 11.3 Å². The fourth-order valence-electron chi connectivity index (χ4n) is 1.97. The molecule has 0 bridgehead atoms. The number of aliphatic hydroxyl groups is 1. The standard InChI is InChI=1S/C15H13F4NO2S/c1-14(22,9-4-5-23-7-9)8-20-13(21)11-3-2-10(16)6-12(11)15(17,18)19/h2-7,22H,8H2,1H3,(H,20,21)/t14-/m1/s1. The van der Waals surface area contributed by atoms with Crippen molar-refractivity contribution >= 4 is 17.2 Å². The molecule has 3 nitrogen and oxygen atoms in total. The summed E-state index contributed by atoms with van der Waals surface area (Å²) in [6.07, 6.45) is -4.86. The Bertz CT molecular complexity index is 696. The van der Waals surface area contributed by atoms with Crippen molar-refractivity contribution in [2.45, 2.75) is 18.7 Å². The van der Waals surface area contributed by atoms with Gasteiger partial charge >= 0.3 is 6.18 Å². The number of carbonyl (C=O) groups excluding carboxylic acids is 1. The van der Waals surface area contributed by atoms with Crippen LogP contribution in [0.3, 0.4) is 0 Å². The van der Waals surface area contributed by atoms with Gasteiger partial charge in [-0.25, -0.2) is 4.39 Å². The second-order valence-corrected chi connectivity index (χ2v) is 5.94. The predicted octanol–water partition coefficient (Wildman–Crippen LogP) is 3.54. The molecule has 8 heteroatoms. The zero-order valence-corrected chi connectivity index (χ0v) is 12.8. The topological polar surface area (TPSA) is 49.3 Å². The minimum absolute atomic E-state index is 0.270. The van der Waals surface area contributed by atoms with E-state index in [9.17, 15) is 27.5 Å². The highest BCUT2D eigenvalue weighted by molar-refractivity contribution is 7.08. The van der Waals surface area contributed by atoms with Crippen molar-refractivity contribution in [3.63, 3.8) is 0 Å². The van der Waals surface area contributed by atoms with E-state index in [0.29, 0.717) is 5.56 Å². The Balaban J connectivity index is 2.19. The molecule has 0 saturated carbocycles. The van der Waals surface area contributed by atoms with E-state index in [1.807, 2.05) is 0 Å². The number of rotatable bonds is 4. The van der Waals surface area contributed by atoms with E-state index in [-0.39, 0.29) is 12.6 Å². The molecule has 2 N–H and O–H groups in total. The average molecular weight is 347 g/mol. The van der Waals surface area contributed by atoms with Crippen LogP contribution in [0.5, 0.6) is 0 Å². The molecular weight excluding hydrogens is 334 g/mol. The summed E-state index contributed by atoms with van der Waals surface area (Å²) in [5.74, 6) is -2.12. The molecule has 0 radical (unpaired) electrons. The van der Waals surface area contributed by atoms with Crippen LogP contribution in [0.25, 0.3) is 0 Å². The van der Waals surface area contributed by atoms with Gasteiger partial charge in [-0.05, 0) is 47.5 Å². The zero-order chi connectivity index (χ0) is 17.3. The average Bonchev–Trinajstić information content (AvgIpc) is 2.99. The Morgan fingerprint density at radius 3 is 2.57 bits per heavy atom. The van der Waals surface area contributed by atoms with Gasteiger partial charge in [0.2, 0.25) is 0 Å². The van der Waals surface area contributed by atoms with Gasteiger partial charge in [0.15, 0.2) is 0 Å². The zero-order valence-electron chi connectivity index (χ0n) is 11.9. The molecule has 1 aromatic carbocycles. The Morgan fingerprint density at radius 1 is 1.30 bits per heavy atom. The van der Waals surface area contributed by atoms with Crippen LogP contribution in [-0.2, 0) is 11.8 Å². The quantitative estimate of drug-likeness (QED) is 0.831. The summed E-state index contributed by atoms with van der Waals surface area (Å²) in [5.41, 5.74) is -2.93. The molecule has 0 aliphatic carbocycles. The Hall–Kier alpha value is -1.93. The van der Waals surface area contributed by atoms with Crippen LogP contribution in [0.2, 0.25) is 0 Å². The molecule has 1 heterocycles. The molecule has 0 aliphatic heterocycles. The molecule has 0 fully saturated rings. The van der Waals surface area contributed by atoms with E-state index in [1.165, 1.54) is 18.3 Å². The maximum Gasteiger partial charge on any atom is 0.417 e. The lowest BCUT2D eigenvalue weighted by Gasteiger charge is -2.23. The van der Waals surface area contributed by atoms with Crippen molar-refractivity contribution in [2.24, 2.45) is 0 Å². The lowest BCUT2D eigenvalue weighted by atomic mass is 9.99. The van der Waals surface area contributed by atoms with Crippen LogP contribution < -0.4 is 5.32 Å². The fraction of sp³-hybridized carbons (Fsp3) is 0.267. The number of amides is 1. The van der Waals surface area contributed by atoms with Crippen LogP contribution in [0, 0.1) is 5.82 Å². The van der Waals surface area contributed by atoms with Gasteiger partial charge in [0.25, 0.3) is 5.91 Å². The lowest BCUT2D eigenvalue weighted by molar-refractivity contribution is -0.138. The summed E-state index contributed by atoms with van der Waals surface area (Å²) in [5, 5.41) is 15.9. The number of carbonyl (C=O) groups is 1. The molecule has 2 rings (SSSR count). The van der Waals surface area contributed by atoms with Gasteiger partial charge in [-0.2, -0.15) is 24.5 Å². The minimum atomic E-state index is -4.86. The molecule has 1 aromatic heterocycles. The number of hydrogen-bond donors (Lipinski definition) is 2. The van der Waals surface area contributed by atoms with Gasteiger partial charge in [-0.15, -0.1) is 0 Å². The number of alkyl halides is 3. The van der Waals surface area contributed by atoms with E-state index in [2.05, 4.69) is 5.32 Å². The normalized spacial score (nSPS) is 14.3. The van der Waals surface area contributed by atoms with Crippen molar-refractivity contribution in [1.29, 1.82) is 0 Å². The van der Waals surface area contributed by atoms with Gasteiger partial charge in [-0.3, -0.25) is 4.79 Å². The number of nitrogens with one attached hydrogen (secondary N) is 1. The first-order valence-corrected chi connectivity index (χ1v) is 7.45. The van der Waals surface area contributed by atoms with E-state index < -0.39 is 34.6 Å². The number of hydrogen-bond acceptors (Lipinski definition) is 3. The summed E-state index contributed by atoms with van der Waals surface area (Å²) >= 11 is 1.34. The molecule has 2 aromatic rings. The molecule has 23 heavy (non-hydrogen) atoms. The maximum atomic E-state index is 13.0. The molecule has 0 aliphatic rings. The lowest BCUT2D eigenvalue weighted by Crippen LogP contribution is -2.39. The molecule has 0 unspecified atom stereocenters. The third kappa shape index (κ3) is 4.08. The summed E-state index contributed by atoms with van der Waals surface area (Å²) < 4.78 is 51.7. The van der Waals surface area contributed by atoms with E-state index in [1.54, 1.807) is 16.8 Å². The number of benzene rings is 1. The van der Waals surface area contributed by atoms with Crippen molar-refractivity contribution in [3.8, 4) is 0 Å². The van der Waals surface area contributed by atoms with Gasteiger partial charge < -0.3 is 10.4 Å². The molecule has 124 valence electrons. The monoisotopic (exact) mass is 347 g/mol. The molecular formula is C15H13F4NO2S. The van der Waals surface area contributed by atoms with E-state index >= 15 is 0 Å². The van der Waals surface area contributed by atoms with Gasteiger partial charge in [0, 0.05) is 0 Å². The minimum Gasteiger partial charge on any atom is -0.384 e. The van der Waals surface area contributed by atoms with Crippen molar-refractivity contribution in [3.05, 3.63) is 57.5 Å². The second kappa shape index (κ2) is 6.29. The highest BCUT2D eigenvalue weighted by atomic mass is 32.1. The first-order chi connectivity index (χ1) is 10.6. The highest BCUT2D eigenvalue weighted by Crippen LogP contribution is 2.32. The Morgan fingerprint density at radius 2 is 2.00 bits per heavy atom. The summed E-state index contributed by atoms with van der Waals surface area (Å²) in [6, 6.07) is 3.47. The number of halogens is 4. The summed E-state index contributed by atoms with van der Waals surface area (Å²) in [7, 11) is 0. The molecule has 1 atom stereocenters. The Kier molecular flexibility index (Phi) is 4.76. The van der Waals surface area contributed by atoms with E-state index in [4.69, 9.17) is 0 Å². The predicted molar refractivity (Wildman–Crippen MR) is 77.6 cm³/mol. The van der Waals surface area contributed by atoms with Gasteiger partial charge in [0.05, 0.1) is 17.7 Å². The second-order valence-electron chi connectivity index (χ2n) is 5.16. The van der Waals surface area contributed by atoms with Crippen molar-refractivity contribution in [1.82, 2.24) is 5.32 Å². The third-order valence-corrected chi connectivity index (χ3v) is 3.95. The highest BCUT2D eigenvalue weighted by Gasteiger charge is 2.36. The van der Waals surface area contributed by atoms with Gasteiger partial charge in [-0.1, -0.05) is 0 Å². The molecule has 0 saturated heterocycles. The number of thiophene rings is 1. The molecule has 0 spiro atoms. The SMILES string of the molecule is C[C@@](O)(CNC(=O)c1ccc(F)cc1C(F)(F)F)c1ccsc1. The van der Waals surface area contributed by atoms with Gasteiger partial charge in [0.1, 0.15) is 11.4 Å².